The van der Waals surface area contributed by atoms with E-state index in [9.17, 15) is 10.1 Å². The zero-order valence-electron chi connectivity index (χ0n) is 11.2. The van der Waals surface area contributed by atoms with Gasteiger partial charge in [0, 0.05) is 29.4 Å². The van der Waals surface area contributed by atoms with Crippen molar-refractivity contribution in [2.24, 2.45) is 5.92 Å². The van der Waals surface area contributed by atoms with E-state index in [-0.39, 0.29) is 11.7 Å². The topological polar surface area (TPSA) is 73.9 Å². The van der Waals surface area contributed by atoms with Crippen LogP contribution in [0.1, 0.15) is 30.7 Å². The van der Waals surface area contributed by atoms with Gasteiger partial charge in [-0.25, -0.2) is 0 Å². The smallest absolute Gasteiger partial charge is 0.205 e. The van der Waals surface area contributed by atoms with Gasteiger partial charge in [-0.1, -0.05) is 23.7 Å². The third kappa shape index (κ3) is 2.34. The molecule has 1 aromatic carbocycles. The van der Waals surface area contributed by atoms with Gasteiger partial charge in [-0.2, -0.15) is 5.26 Å². The Balaban J connectivity index is 2.18. The number of nitrogens with one attached hydrogen (secondary N) is 1. The largest absolute Gasteiger partial charge is 0.446 e. The molecule has 0 bridgehead atoms. The molecular weight excluding hydrogens is 288 g/mol. The van der Waals surface area contributed by atoms with Crippen LogP contribution in [0.25, 0.3) is 0 Å². The van der Waals surface area contributed by atoms with E-state index >= 15 is 0 Å². The molecule has 0 aromatic heterocycles. The molecule has 2 unspecified atom stereocenters. The summed E-state index contributed by atoms with van der Waals surface area (Å²) in [7, 11) is 0. The maximum atomic E-state index is 12.3. The zero-order valence-corrected chi connectivity index (χ0v) is 12.0. The Morgan fingerprint density at radius 1 is 1.38 bits per heavy atom. The summed E-state index contributed by atoms with van der Waals surface area (Å²) in [5, 5.41) is 17.9. The second-order valence-electron chi connectivity index (χ2n) is 5.22. The summed E-state index contributed by atoms with van der Waals surface area (Å²) < 4.78 is 5.43. The molecule has 3 rings (SSSR count). The highest BCUT2D eigenvalue weighted by Gasteiger charge is 2.42. The van der Waals surface area contributed by atoms with Gasteiger partial charge in [-0.05, 0) is 24.1 Å². The van der Waals surface area contributed by atoms with Gasteiger partial charge >= 0.3 is 0 Å². The molecular formula is C16H13ClN2O2. The van der Waals surface area contributed by atoms with Crippen LogP contribution in [0, 0.1) is 22.7 Å². The number of hydrogen-bond acceptors (Lipinski definition) is 4. The molecule has 21 heavy (non-hydrogen) atoms. The number of carbonyl (C=O) groups is 1. The van der Waals surface area contributed by atoms with Crippen molar-refractivity contribution in [2.75, 3.05) is 0 Å². The van der Waals surface area contributed by atoms with Gasteiger partial charge in [0.05, 0.1) is 6.07 Å². The highest BCUT2D eigenvalue weighted by molar-refractivity contribution is 6.30. The highest BCUT2D eigenvalue weighted by atomic mass is 35.5. The van der Waals surface area contributed by atoms with Crippen LogP contribution >= 0.6 is 11.6 Å². The maximum Gasteiger partial charge on any atom is 0.205 e. The fraction of sp³-hybridized carbons (Fsp3) is 0.312. The molecule has 5 heteroatoms. The quantitative estimate of drug-likeness (QED) is 0.861. The van der Waals surface area contributed by atoms with Crippen molar-refractivity contribution in [3.63, 3.8) is 0 Å². The summed E-state index contributed by atoms with van der Waals surface area (Å²) >= 11 is 6.03. The fourth-order valence-electron chi connectivity index (χ4n) is 2.99. The lowest BCUT2D eigenvalue weighted by atomic mass is 9.74. The first kappa shape index (κ1) is 13.8. The van der Waals surface area contributed by atoms with Crippen LogP contribution in [0.3, 0.4) is 0 Å². The second-order valence-corrected chi connectivity index (χ2v) is 5.66. The van der Waals surface area contributed by atoms with Crippen molar-refractivity contribution in [3.05, 3.63) is 46.2 Å². The number of nitrogens with zero attached hydrogens (tertiary/aromatic N) is 1. The number of hydrogen-bond donors (Lipinski definition) is 1. The number of ether oxygens (including phenoxy) is 1. The van der Waals surface area contributed by atoms with Gasteiger partial charge in [-0.3, -0.25) is 10.2 Å². The first-order valence-electron chi connectivity index (χ1n) is 6.79. The Hall–Kier alpha value is -2.12. The molecule has 0 fully saturated rings. The van der Waals surface area contributed by atoms with Crippen LogP contribution < -0.4 is 0 Å². The van der Waals surface area contributed by atoms with Crippen molar-refractivity contribution in [2.45, 2.75) is 25.2 Å². The molecule has 1 aromatic rings. The molecule has 0 radical (unpaired) electrons. The lowest BCUT2D eigenvalue weighted by Crippen LogP contribution is -2.34. The molecule has 0 saturated heterocycles. The number of Topliss-reactive ketones (excluding diaryl/α,β-unsaturated/α-hetero) is 1. The lowest BCUT2D eigenvalue weighted by Gasteiger charge is -2.34. The normalized spacial score (nSPS) is 25.1. The van der Waals surface area contributed by atoms with E-state index in [4.69, 9.17) is 21.7 Å². The van der Waals surface area contributed by atoms with Crippen LogP contribution in [0.4, 0.5) is 0 Å². The van der Waals surface area contributed by atoms with E-state index in [1.807, 2.05) is 6.07 Å². The maximum absolute atomic E-state index is 12.3. The monoisotopic (exact) mass is 300 g/mol. The van der Waals surface area contributed by atoms with Crippen molar-refractivity contribution >= 4 is 23.3 Å². The number of carbonyl (C=O) groups excluding carboxylic acids is 1. The molecule has 0 spiro atoms. The Morgan fingerprint density at radius 3 is 2.90 bits per heavy atom. The number of allylic oxidation sites excluding steroid dienone is 2. The molecule has 0 amide bonds. The highest BCUT2D eigenvalue weighted by Crippen LogP contribution is 2.43. The van der Waals surface area contributed by atoms with Crippen LogP contribution in [-0.4, -0.2) is 11.7 Å². The van der Waals surface area contributed by atoms with Gasteiger partial charge in [0.25, 0.3) is 0 Å². The van der Waals surface area contributed by atoms with Crippen molar-refractivity contribution in [1.29, 1.82) is 10.7 Å². The van der Waals surface area contributed by atoms with Gasteiger partial charge in [0.1, 0.15) is 11.7 Å². The summed E-state index contributed by atoms with van der Waals surface area (Å²) in [6.07, 6.45) is 1.83. The number of benzene rings is 1. The minimum absolute atomic E-state index is 0.00831. The number of rotatable bonds is 1. The number of halogens is 1. The lowest BCUT2D eigenvalue weighted by molar-refractivity contribution is -0.116. The van der Waals surface area contributed by atoms with Crippen molar-refractivity contribution in [1.82, 2.24) is 0 Å². The number of ketones is 1. The molecule has 1 aliphatic heterocycles. The summed E-state index contributed by atoms with van der Waals surface area (Å²) in [4.78, 5) is 12.3. The van der Waals surface area contributed by atoms with Crippen LogP contribution in [0.2, 0.25) is 5.02 Å². The molecule has 2 aliphatic rings. The minimum Gasteiger partial charge on any atom is -0.446 e. The van der Waals surface area contributed by atoms with Gasteiger partial charge < -0.3 is 4.74 Å². The number of nitriles is 1. The van der Waals surface area contributed by atoms with E-state index in [1.165, 1.54) is 0 Å². The molecule has 0 saturated carbocycles. The summed E-state index contributed by atoms with van der Waals surface area (Å²) in [6.45, 7) is 0. The molecule has 4 nitrogen and oxygen atoms in total. The Labute approximate surface area is 127 Å². The zero-order chi connectivity index (χ0) is 15.0. The van der Waals surface area contributed by atoms with Crippen LogP contribution in [0.5, 0.6) is 0 Å². The van der Waals surface area contributed by atoms with E-state index < -0.39 is 11.8 Å². The first-order chi connectivity index (χ1) is 10.1. The van der Waals surface area contributed by atoms with Gasteiger partial charge in [0.2, 0.25) is 5.90 Å². The molecule has 106 valence electrons. The molecule has 1 heterocycles. The summed E-state index contributed by atoms with van der Waals surface area (Å²) in [6, 6.07) is 9.22. The Morgan fingerprint density at radius 2 is 2.19 bits per heavy atom. The van der Waals surface area contributed by atoms with E-state index in [0.717, 1.165) is 12.0 Å². The summed E-state index contributed by atoms with van der Waals surface area (Å²) in [5.74, 6) is -0.778. The Kier molecular flexibility index (Phi) is 3.52. The fourth-order valence-corrected chi connectivity index (χ4v) is 3.19. The minimum atomic E-state index is -0.788. The van der Waals surface area contributed by atoms with E-state index in [1.54, 1.807) is 18.2 Å². The third-order valence-corrected chi connectivity index (χ3v) is 4.15. The van der Waals surface area contributed by atoms with Gasteiger partial charge in [-0.15, -0.1) is 0 Å². The average molecular weight is 301 g/mol. The molecule has 1 aliphatic carbocycles. The standard InChI is InChI=1S/C16H13ClN2O2/c17-10-4-1-3-9(7-10)14-11(8-18)16(19)21-13-6-2-5-12(20)15(13)14/h1,3-4,7,11,14,19H,2,5-6H2. The first-order valence-corrected chi connectivity index (χ1v) is 7.17. The summed E-state index contributed by atoms with van der Waals surface area (Å²) in [5.41, 5.74) is 1.33. The van der Waals surface area contributed by atoms with E-state index in [2.05, 4.69) is 6.07 Å². The van der Waals surface area contributed by atoms with E-state index in [0.29, 0.717) is 29.2 Å². The van der Waals surface area contributed by atoms with Crippen LogP contribution in [0.15, 0.2) is 35.6 Å². The van der Waals surface area contributed by atoms with Gasteiger partial charge in [0.15, 0.2) is 5.78 Å². The van der Waals surface area contributed by atoms with Crippen molar-refractivity contribution in [3.8, 4) is 6.07 Å². The average Bonchev–Trinajstić information content (AvgIpc) is 2.46. The third-order valence-electron chi connectivity index (χ3n) is 3.92. The molecule has 2 atom stereocenters. The Bertz CT molecular complexity index is 702. The van der Waals surface area contributed by atoms with Crippen molar-refractivity contribution < 1.29 is 9.53 Å². The van der Waals surface area contributed by atoms with Crippen LogP contribution in [-0.2, 0) is 9.53 Å². The SMILES string of the molecule is N#CC1C(=N)OC2=C(C(=O)CCC2)C1c1cccc(Cl)c1. The molecule has 1 N–H and O–H groups in total. The predicted molar refractivity (Wildman–Crippen MR) is 78.0 cm³/mol. The second kappa shape index (κ2) is 5.34. The predicted octanol–water partition coefficient (Wildman–Crippen LogP) is 3.58.